The monoisotopic (exact) mass is 312 g/mol. The molecule has 2 rings (SSSR count). The third-order valence-corrected chi connectivity index (χ3v) is 4.84. The lowest BCUT2D eigenvalue weighted by atomic mass is 9.99. The first-order valence-corrected chi connectivity index (χ1v) is 8.47. The molecule has 0 aliphatic heterocycles. The van der Waals surface area contributed by atoms with Crippen molar-refractivity contribution in [1.29, 1.82) is 0 Å². The van der Waals surface area contributed by atoms with Gasteiger partial charge in [-0.3, -0.25) is 10.1 Å². The Labute approximate surface area is 129 Å². The molecule has 0 radical (unpaired) electrons. The number of rotatable bonds is 8. The zero-order chi connectivity index (χ0) is 15.1. The number of aryl methyl sites for hydroxylation is 1. The van der Waals surface area contributed by atoms with E-state index in [9.17, 15) is 9.90 Å². The van der Waals surface area contributed by atoms with E-state index in [0.29, 0.717) is 5.13 Å². The number of hydrogen-bond acceptors (Lipinski definition) is 6. The van der Waals surface area contributed by atoms with Crippen LogP contribution in [0, 0.1) is 0 Å². The number of nitrogens with one attached hydrogen (secondary N) is 2. The maximum Gasteiger partial charge on any atom is 0.240 e. The maximum absolute atomic E-state index is 11.9. The lowest BCUT2D eigenvalue weighted by Crippen LogP contribution is -2.49. The molecule has 1 amide bonds. The van der Waals surface area contributed by atoms with Crippen molar-refractivity contribution in [3.8, 4) is 0 Å². The highest BCUT2D eigenvalue weighted by atomic mass is 32.1. The van der Waals surface area contributed by atoms with Gasteiger partial charge in [-0.25, -0.2) is 0 Å². The van der Waals surface area contributed by atoms with E-state index >= 15 is 0 Å². The van der Waals surface area contributed by atoms with E-state index in [1.807, 2.05) is 0 Å². The number of hydrogen-bond donors (Lipinski definition) is 3. The molecule has 1 saturated carbocycles. The number of aliphatic hydroxyl groups excluding tert-OH is 1. The fourth-order valence-electron chi connectivity index (χ4n) is 2.61. The molecule has 3 N–H and O–H groups in total. The normalized spacial score (nSPS) is 17.0. The number of aliphatic hydroxyl groups is 1. The van der Waals surface area contributed by atoms with Crippen LogP contribution in [0.1, 0.15) is 50.5 Å². The number of carbonyl (C=O) groups excluding carboxylic acids is 1. The summed E-state index contributed by atoms with van der Waals surface area (Å²) in [4.78, 5) is 11.9. The minimum Gasteiger partial charge on any atom is -0.394 e. The van der Waals surface area contributed by atoms with Gasteiger partial charge < -0.3 is 10.4 Å². The quantitative estimate of drug-likeness (QED) is 0.680. The molecule has 1 aliphatic rings. The van der Waals surface area contributed by atoms with E-state index in [4.69, 9.17) is 0 Å². The molecule has 118 valence electrons. The number of carbonyl (C=O) groups is 1. The number of amides is 1. The minimum absolute atomic E-state index is 0.0836. The van der Waals surface area contributed by atoms with Crippen LogP contribution in [0.15, 0.2) is 0 Å². The highest BCUT2D eigenvalue weighted by molar-refractivity contribution is 7.15. The van der Waals surface area contributed by atoms with Gasteiger partial charge in [-0.2, -0.15) is 0 Å². The molecule has 1 aliphatic carbocycles. The molecule has 0 bridgehead atoms. The number of anilines is 1. The molecule has 21 heavy (non-hydrogen) atoms. The van der Waals surface area contributed by atoms with Gasteiger partial charge in [0.15, 0.2) is 0 Å². The number of aromatic nitrogens is 2. The Kier molecular flexibility index (Phi) is 6.08. The zero-order valence-corrected chi connectivity index (χ0v) is 13.3. The lowest BCUT2D eigenvalue weighted by molar-refractivity contribution is -0.115. The number of unbranched alkanes of at least 4 members (excludes halogenated alkanes) is 1. The van der Waals surface area contributed by atoms with Gasteiger partial charge in [-0.15, -0.1) is 10.2 Å². The Morgan fingerprint density at radius 2 is 2.14 bits per heavy atom. The SMILES string of the molecule is CCCCc1nnc(NC(=O)CNC2(CO)CCCC2)s1. The third kappa shape index (κ3) is 4.72. The van der Waals surface area contributed by atoms with Gasteiger partial charge in [0.1, 0.15) is 5.01 Å². The average Bonchev–Trinajstić information content (AvgIpc) is 3.13. The molecule has 0 saturated heterocycles. The Bertz CT molecular complexity index is 458. The smallest absolute Gasteiger partial charge is 0.240 e. The van der Waals surface area contributed by atoms with Crippen molar-refractivity contribution in [2.75, 3.05) is 18.5 Å². The first-order chi connectivity index (χ1) is 10.2. The summed E-state index contributed by atoms with van der Waals surface area (Å²) >= 11 is 1.43. The summed E-state index contributed by atoms with van der Waals surface area (Å²) in [6, 6.07) is 0. The molecule has 0 aromatic carbocycles. The summed E-state index contributed by atoms with van der Waals surface area (Å²) in [5, 5.41) is 25.0. The molecule has 1 aromatic rings. The summed E-state index contributed by atoms with van der Waals surface area (Å²) in [7, 11) is 0. The van der Waals surface area contributed by atoms with Crippen LogP contribution in [-0.2, 0) is 11.2 Å². The minimum atomic E-state index is -0.273. The van der Waals surface area contributed by atoms with Crippen LogP contribution in [0.3, 0.4) is 0 Å². The van der Waals surface area contributed by atoms with Gasteiger partial charge in [-0.05, 0) is 19.3 Å². The highest BCUT2D eigenvalue weighted by Gasteiger charge is 2.32. The van der Waals surface area contributed by atoms with Crippen molar-refractivity contribution >= 4 is 22.4 Å². The van der Waals surface area contributed by atoms with E-state index in [-0.39, 0.29) is 24.6 Å². The van der Waals surface area contributed by atoms with Gasteiger partial charge in [0.25, 0.3) is 0 Å². The van der Waals surface area contributed by atoms with Crippen molar-refractivity contribution in [1.82, 2.24) is 15.5 Å². The predicted octanol–water partition coefficient (Wildman–Crippen LogP) is 1.71. The largest absolute Gasteiger partial charge is 0.394 e. The van der Waals surface area contributed by atoms with Crippen molar-refractivity contribution in [2.45, 2.75) is 57.4 Å². The lowest BCUT2D eigenvalue weighted by Gasteiger charge is -2.27. The van der Waals surface area contributed by atoms with Crippen LogP contribution in [0.2, 0.25) is 0 Å². The second kappa shape index (κ2) is 7.82. The van der Waals surface area contributed by atoms with Crippen molar-refractivity contribution in [2.24, 2.45) is 0 Å². The molecule has 0 unspecified atom stereocenters. The summed E-state index contributed by atoms with van der Waals surface area (Å²) in [6.45, 7) is 2.42. The Morgan fingerprint density at radius 1 is 1.38 bits per heavy atom. The molecule has 0 atom stereocenters. The van der Waals surface area contributed by atoms with Crippen LogP contribution < -0.4 is 10.6 Å². The highest BCUT2D eigenvalue weighted by Crippen LogP contribution is 2.28. The second-order valence-corrected chi connectivity index (χ2v) is 6.71. The van der Waals surface area contributed by atoms with Crippen LogP contribution in [0.5, 0.6) is 0 Å². The van der Waals surface area contributed by atoms with Crippen molar-refractivity contribution in [3.63, 3.8) is 0 Å². The van der Waals surface area contributed by atoms with Gasteiger partial charge in [-0.1, -0.05) is 37.5 Å². The van der Waals surface area contributed by atoms with Crippen LogP contribution in [0.25, 0.3) is 0 Å². The Balaban J connectivity index is 1.77. The van der Waals surface area contributed by atoms with Gasteiger partial charge in [0.05, 0.1) is 13.2 Å². The fraction of sp³-hybridized carbons (Fsp3) is 0.786. The van der Waals surface area contributed by atoms with E-state index in [2.05, 4.69) is 27.8 Å². The molecule has 1 aromatic heterocycles. The molecule has 1 heterocycles. The first kappa shape index (κ1) is 16.3. The summed E-state index contributed by atoms with van der Waals surface area (Å²) < 4.78 is 0. The summed E-state index contributed by atoms with van der Waals surface area (Å²) in [5.41, 5.74) is -0.273. The van der Waals surface area contributed by atoms with Gasteiger partial charge >= 0.3 is 0 Å². The Morgan fingerprint density at radius 3 is 2.81 bits per heavy atom. The van der Waals surface area contributed by atoms with Gasteiger partial charge in [0, 0.05) is 12.0 Å². The maximum atomic E-state index is 11.9. The van der Waals surface area contributed by atoms with Crippen LogP contribution in [-0.4, -0.2) is 39.9 Å². The van der Waals surface area contributed by atoms with Gasteiger partial charge in [0.2, 0.25) is 11.0 Å². The average molecular weight is 312 g/mol. The van der Waals surface area contributed by atoms with E-state index in [0.717, 1.165) is 50.0 Å². The van der Waals surface area contributed by atoms with E-state index in [1.165, 1.54) is 11.3 Å². The molecule has 1 fully saturated rings. The van der Waals surface area contributed by atoms with E-state index < -0.39 is 0 Å². The third-order valence-electron chi connectivity index (χ3n) is 3.94. The molecule has 0 spiro atoms. The Hall–Kier alpha value is -1.05. The molecule has 7 heteroatoms. The van der Waals surface area contributed by atoms with Crippen LogP contribution in [0.4, 0.5) is 5.13 Å². The van der Waals surface area contributed by atoms with E-state index in [1.54, 1.807) is 0 Å². The summed E-state index contributed by atoms with van der Waals surface area (Å²) in [6.07, 6.45) is 7.18. The molecular formula is C14H24N4O2S. The topological polar surface area (TPSA) is 87.1 Å². The molecule has 6 nitrogen and oxygen atoms in total. The first-order valence-electron chi connectivity index (χ1n) is 7.65. The second-order valence-electron chi connectivity index (χ2n) is 5.65. The van der Waals surface area contributed by atoms with Crippen LogP contribution >= 0.6 is 11.3 Å². The standard InChI is InChI=1S/C14H24N4O2S/c1-2-3-6-12-17-18-13(21-12)16-11(20)9-15-14(10-19)7-4-5-8-14/h15,19H,2-10H2,1H3,(H,16,18,20). The van der Waals surface area contributed by atoms with Crippen molar-refractivity contribution < 1.29 is 9.90 Å². The fourth-order valence-corrected chi connectivity index (χ4v) is 3.40. The summed E-state index contributed by atoms with van der Waals surface area (Å²) in [5.74, 6) is -0.132. The zero-order valence-electron chi connectivity index (χ0n) is 12.5. The molecular weight excluding hydrogens is 288 g/mol. The number of nitrogens with zero attached hydrogens (tertiary/aromatic N) is 2. The van der Waals surface area contributed by atoms with Crippen molar-refractivity contribution in [3.05, 3.63) is 5.01 Å². The predicted molar refractivity (Wildman–Crippen MR) is 83.4 cm³/mol.